The molecule has 1 heterocycles. The number of urea groups is 1. The fraction of sp³-hybridized carbons (Fsp3) is 0.394. The zero-order chi connectivity index (χ0) is 27.4. The molecule has 39 heavy (non-hydrogen) atoms. The van der Waals surface area contributed by atoms with Gasteiger partial charge in [0, 0.05) is 32.1 Å². The topological polar surface area (TPSA) is 70.7 Å². The molecule has 2 N–H and O–H groups in total. The van der Waals surface area contributed by atoms with Crippen molar-refractivity contribution in [3.05, 3.63) is 89.0 Å². The first-order chi connectivity index (χ1) is 19.0. The lowest BCUT2D eigenvalue weighted by atomic mass is 9.87. The Hall–Kier alpha value is -3.80. The minimum Gasteiger partial charge on any atom is -0.497 e. The molecule has 2 aliphatic rings. The molecular weight excluding hydrogens is 486 g/mol. The number of fused-ring (bicyclic) bond motifs is 1. The summed E-state index contributed by atoms with van der Waals surface area (Å²) in [6, 6.07) is 22.6. The molecule has 1 unspecified atom stereocenters. The first kappa shape index (κ1) is 26.8. The molecule has 3 aromatic rings. The number of rotatable bonds is 9. The molecule has 0 bridgehead atoms. The summed E-state index contributed by atoms with van der Waals surface area (Å²) in [7, 11) is 1.68. The Bertz CT molecular complexity index is 1320. The molecule has 1 aliphatic carbocycles. The maximum absolute atomic E-state index is 13.0. The SMILES string of the molecule is CCC(C)CNC(=O)N1CCc2c(-c3cccc(OC)c3)ccc(CNC(=O)[C@H]3C[C@@H]3c3ccccc3)c2C1. The van der Waals surface area contributed by atoms with Crippen LogP contribution in [0.5, 0.6) is 5.75 Å². The number of ether oxygens (including phenoxy) is 1. The largest absolute Gasteiger partial charge is 0.497 e. The number of nitrogens with one attached hydrogen (secondary N) is 2. The number of carbonyl (C=O) groups excluding carboxylic acids is 2. The molecule has 204 valence electrons. The van der Waals surface area contributed by atoms with Crippen molar-refractivity contribution >= 4 is 11.9 Å². The minimum absolute atomic E-state index is 0.0218. The molecule has 0 saturated heterocycles. The second kappa shape index (κ2) is 11.9. The van der Waals surface area contributed by atoms with Crippen LogP contribution in [0, 0.1) is 11.8 Å². The average Bonchev–Trinajstić information content (AvgIpc) is 3.80. The molecule has 5 rings (SSSR count). The summed E-state index contributed by atoms with van der Waals surface area (Å²) in [6.45, 7) is 6.61. The molecule has 3 amide bonds. The summed E-state index contributed by atoms with van der Waals surface area (Å²) in [5, 5.41) is 6.31. The van der Waals surface area contributed by atoms with Crippen molar-refractivity contribution in [2.45, 2.75) is 52.1 Å². The van der Waals surface area contributed by atoms with Gasteiger partial charge in [0.1, 0.15) is 5.75 Å². The second-order valence-corrected chi connectivity index (χ2v) is 10.9. The van der Waals surface area contributed by atoms with Crippen molar-refractivity contribution in [2.24, 2.45) is 11.8 Å². The lowest BCUT2D eigenvalue weighted by molar-refractivity contribution is -0.122. The summed E-state index contributed by atoms with van der Waals surface area (Å²) in [5.74, 6) is 1.70. The summed E-state index contributed by atoms with van der Waals surface area (Å²) in [6.07, 6.45) is 2.69. The van der Waals surface area contributed by atoms with E-state index < -0.39 is 0 Å². The van der Waals surface area contributed by atoms with Gasteiger partial charge in [-0.15, -0.1) is 0 Å². The van der Waals surface area contributed by atoms with Crippen LogP contribution in [0.3, 0.4) is 0 Å². The van der Waals surface area contributed by atoms with Crippen LogP contribution in [0.4, 0.5) is 4.79 Å². The Morgan fingerprint density at radius 1 is 1.03 bits per heavy atom. The Kier molecular flexibility index (Phi) is 8.20. The van der Waals surface area contributed by atoms with Crippen molar-refractivity contribution < 1.29 is 14.3 Å². The molecule has 0 radical (unpaired) electrons. The first-order valence-corrected chi connectivity index (χ1v) is 14.1. The zero-order valence-corrected chi connectivity index (χ0v) is 23.2. The van der Waals surface area contributed by atoms with Gasteiger partial charge < -0.3 is 20.3 Å². The van der Waals surface area contributed by atoms with E-state index in [0.717, 1.165) is 47.3 Å². The Morgan fingerprint density at radius 2 is 1.85 bits per heavy atom. The standard InChI is InChI=1S/C33H39N3O3/c1-4-22(2)19-35-33(38)36-16-15-28-27(24-11-8-12-26(17-24)39-3)14-13-25(31(28)21-36)20-34-32(37)30-18-29(30)23-9-6-5-7-10-23/h5-14,17,22,29-30H,4,15-16,18-21H2,1-3H3,(H,34,37)(H,35,38)/t22?,29-,30+/m1/s1. The lowest BCUT2D eigenvalue weighted by Gasteiger charge is -2.32. The van der Waals surface area contributed by atoms with Gasteiger partial charge in [-0.25, -0.2) is 4.79 Å². The van der Waals surface area contributed by atoms with E-state index in [2.05, 4.69) is 60.9 Å². The van der Waals surface area contributed by atoms with Gasteiger partial charge in [-0.3, -0.25) is 4.79 Å². The first-order valence-electron chi connectivity index (χ1n) is 14.1. The molecule has 6 nitrogen and oxygen atoms in total. The van der Waals surface area contributed by atoms with Gasteiger partial charge in [0.25, 0.3) is 0 Å². The zero-order valence-electron chi connectivity index (χ0n) is 23.2. The van der Waals surface area contributed by atoms with E-state index in [0.29, 0.717) is 38.0 Å². The maximum Gasteiger partial charge on any atom is 0.317 e. The third-order valence-corrected chi connectivity index (χ3v) is 8.28. The van der Waals surface area contributed by atoms with Gasteiger partial charge in [-0.05, 0) is 70.2 Å². The monoisotopic (exact) mass is 525 g/mol. The van der Waals surface area contributed by atoms with E-state index in [1.165, 1.54) is 11.1 Å². The quantitative estimate of drug-likeness (QED) is 0.366. The normalized spacial score (nSPS) is 18.6. The van der Waals surface area contributed by atoms with Gasteiger partial charge >= 0.3 is 6.03 Å². The van der Waals surface area contributed by atoms with Gasteiger partial charge in [-0.2, -0.15) is 0 Å². The predicted octanol–water partition coefficient (Wildman–Crippen LogP) is 5.90. The Balaban J connectivity index is 1.36. The molecule has 3 aromatic carbocycles. The van der Waals surface area contributed by atoms with Gasteiger partial charge in [0.2, 0.25) is 5.91 Å². The molecule has 1 saturated carbocycles. The number of nitrogens with zero attached hydrogens (tertiary/aromatic N) is 1. The van der Waals surface area contributed by atoms with Crippen molar-refractivity contribution in [3.8, 4) is 16.9 Å². The van der Waals surface area contributed by atoms with E-state index in [1.54, 1.807) is 7.11 Å². The average molecular weight is 526 g/mol. The van der Waals surface area contributed by atoms with Crippen molar-refractivity contribution in [1.82, 2.24) is 15.5 Å². The molecule has 0 spiro atoms. The van der Waals surface area contributed by atoms with Crippen LogP contribution >= 0.6 is 0 Å². The van der Waals surface area contributed by atoms with Crippen LogP contribution in [-0.4, -0.2) is 37.0 Å². The number of hydrogen-bond acceptors (Lipinski definition) is 3. The second-order valence-electron chi connectivity index (χ2n) is 10.9. The van der Waals surface area contributed by atoms with E-state index in [9.17, 15) is 9.59 Å². The van der Waals surface area contributed by atoms with Gasteiger partial charge in [0.05, 0.1) is 7.11 Å². The highest BCUT2D eigenvalue weighted by molar-refractivity contribution is 5.83. The fourth-order valence-corrected chi connectivity index (χ4v) is 5.53. The van der Waals surface area contributed by atoms with Crippen molar-refractivity contribution in [2.75, 3.05) is 20.2 Å². The molecular formula is C33H39N3O3. The smallest absolute Gasteiger partial charge is 0.317 e. The number of amides is 3. The lowest BCUT2D eigenvalue weighted by Crippen LogP contribution is -2.44. The van der Waals surface area contributed by atoms with E-state index in [-0.39, 0.29) is 17.9 Å². The van der Waals surface area contributed by atoms with Gasteiger partial charge in [0.15, 0.2) is 0 Å². The number of benzene rings is 3. The van der Waals surface area contributed by atoms with Crippen molar-refractivity contribution in [1.29, 1.82) is 0 Å². The molecule has 1 aliphatic heterocycles. The maximum atomic E-state index is 13.0. The molecule has 3 atom stereocenters. The van der Waals surface area contributed by atoms with Crippen LogP contribution in [-0.2, 0) is 24.3 Å². The molecule has 1 fully saturated rings. The van der Waals surface area contributed by atoms with Crippen LogP contribution in [0.15, 0.2) is 66.7 Å². The van der Waals surface area contributed by atoms with Crippen LogP contribution in [0.25, 0.3) is 11.1 Å². The van der Waals surface area contributed by atoms with E-state index in [1.807, 2.05) is 35.2 Å². The summed E-state index contributed by atoms with van der Waals surface area (Å²) >= 11 is 0. The summed E-state index contributed by atoms with van der Waals surface area (Å²) < 4.78 is 5.47. The molecule has 6 heteroatoms. The van der Waals surface area contributed by atoms with Crippen LogP contribution in [0.1, 0.15) is 54.9 Å². The summed E-state index contributed by atoms with van der Waals surface area (Å²) in [5.41, 5.74) is 6.94. The Morgan fingerprint density at radius 3 is 2.62 bits per heavy atom. The fourth-order valence-electron chi connectivity index (χ4n) is 5.53. The highest BCUT2D eigenvalue weighted by atomic mass is 16.5. The summed E-state index contributed by atoms with van der Waals surface area (Å²) in [4.78, 5) is 28.0. The van der Waals surface area contributed by atoms with E-state index >= 15 is 0 Å². The van der Waals surface area contributed by atoms with E-state index in [4.69, 9.17) is 4.74 Å². The number of carbonyl (C=O) groups is 2. The third kappa shape index (κ3) is 6.11. The minimum atomic E-state index is -0.0218. The predicted molar refractivity (Wildman–Crippen MR) is 155 cm³/mol. The third-order valence-electron chi connectivity index (χ3n) is 8.28. The number of methoxy groups -OCH3 is 1. The van der Waals surface area contributed by atoms with Gasteiger partial charge in [-0.1, -0.05) is 74.9 Å². The van der Waals surface area contributed by atoms with Crippen LogP contribution in [0.2, 0.25) is 0 Å². The Labute approximate surface area is 231 Å². The highest BCUT2D eigenvalue weighted by Gasteiger charge is 2.43. The molecule has 0 aromatic heterocycles. The van der Waals surface area contributed by atoms with Crippen molar-refractivity contribution in [3.63, 3.8) is 0 Å². The number of hydrogen-bond donors (Lipinski definition) is 2. The van der Waals surface area contributed by atoms with Crippen LogP contribution < -0.4 is 15.4 Å². The highest BCUT2D eigenvalue weighted by Crippen LogP contribution is 2.47.